The number of nitrogens with one attached hydrogen (secondary N) is 1. The standard InChI is InChI=1S/C16H21NO6/c1-10(2)8-13(16(21)22-3)17-14(19)9-23-15(20)11-4-6-12(18)7-5-11/h4-7,10,13,18H,8-9H2,1-3H3,(H,17,19)/t13-/m1/s1. The molecule has 2 N–H and O–H groups in total. The molecule has 0 aliphatic rings. The maximum Gasteiger partial charge on any atom is 0.338 e. The molecule has 1 atom stereocenters. The fourth-order valence-corrected chi connectivity index (χ4v) is 1.88. The van der Waals surface area contributed by atoms with Gasteiger partial charge >= 0.3 is 11.9 Å². The number of hydrogen-bond donors (Lipinski definition) is 2. The van der Waals surface area contributed by atoms with Gasteiger partial charge in [0.25, 0.3) is 5.91 Å². The third kappa shape index (κ3) is 6.37. The molecule has 7 heteroatoms. The lowest BCUT2D eigenvalue weighted by molar-refractivity contribution is -0.145. The van der Waals surface area contributed by atoms with Gasteiger partial charge in [0.2, 0.25) is 0 Å². The number of aromatic hydroxyl groups is 1. The van der Waals surface area contributed by atoms with Gasteiger partial charge in [-0.05, 0) is 36.6 Å². The Balaban J connectivity index is 2.52. The molecule has 1 amide bonds. The van der Waals surface area contributed by atoms with Gasteiger partial charge in [-0.25, -0.2) is 9.59 Å². The predicted octanol–water partition coefficient (Wildman–Crippen LogP) is 1.25. The highest BCUT2D eigenvalue weighted by atomic mass is 16.5. The average Bonchev–Trinajstić information content (AvgIpc) is 2.51. The molecule has 0 fully saturated rings. The first-order chi connectivity index (χ1) is 10.8. The topological polar surface area (TPSA) is 102 Å². The largest absolute Gasteiger partial charge is 0.508 e. The zero-order valence-electron chi connectivity index (χ0n) is 13.4. The molecule has 126 valence electrons. The van der Waals surface area contributed by atoms with Gasteiger partial charge in [-0.3, -0.25) is 4.79 Å². The zero-order chi connectivity index (χ0) is 17.4. The summed E-state index contributed by atoms with van der Waals surface area (Å²) in [6, 6.07) is 4.66. The Bertz CT molecular complexity index is 552. The van der Waals surface area contributed by atoms with Crippen molar-refractivity contribution in [2.24, 2.45) is 5.92 Å². The summed E-state index contributed by atoms with van der Waals surface area (Å²) in [5, 5.41) is 11.6. The van der Waals surface area contributed by atoms with Crippen LogP contribution >= 0.6 is 0 Å². The summed E-state index contributed by atoms with van der Waals surface area (Å²) < 4.78 is 9.50. The number of esters is 2. The van der Waals surface area contributed by atoms with E-state index in [0.29, 0.717) is 6.42 Å². The quantitative estimate of drug-likeness (QED) is 0.732. The van der Waals surface area contributed by atoms with E-state index < -0.39 is 30.5 Å². The number of benzene rings is 1. The van der Waals surface area contributed by atoms with Crippen molar-refractivity contribution in [3.8, 4) is 5.75 Å². The molecule has 0 aliphatic heterocycles. The summed E-state index contributed by atoms with van der Waals surface area (Å²) in [6.45, 7) is 3.31. The molecule has 0 aliphatic carbocycles. The van der Waals surface area contributed by atoms with E-state index in [2.05, 4.69) is 10.1 Å². The van der Waals surface area contributed by atoms with Crippen LogP contribution in [-0.4, -0.2) is 42.7 Å². The van der Waals surface area contributed by atoms with Gasteiger partial charge in [0.05, 0.1) is 12.7 Å². The Hall–Kier alpha value is -2.57. The molecule has 1 aromatic carbocycles. The Morgan fingerprint density at radius 1 is 1.17 bits per heavy atom. The minimum absolute atomic E-state index is 0.0221. The highest BCUT2D eigenvalue weighted by Gasteiger charge is 2.23. The van der Waals surface area contributed by atoms with Gasteiger partial charge < -0.3 is 19.9 Å². The van der Waals surface area contributed by atoms with Crippen LogP contribution in [0.2, 0.25) is 0 Å². The molecule has 1 aromatic rings. The van der Waals surface area contributed by atoms with Crippen molar-refractivity contribution in [3.05, 3.63) is 29.8 Å². The highest BCUT2D eigenvalue weighted by molar-refractivity contribution is 5.92. The second-order valence-corrected chi connectivity index (χ2v) is 5.40. The van der Waals surface area contributed by atoms with Crippen molar-refractivity contribution >= 4 is 17.8 Å². The van der Waals surface area contributed by atoms with Crippen LogP contribution in [0.4, 0.5) is 0 Å². The van der Waals surface area contributed by atoms with E-state index in [1.807, 2.05) is 13.8 Å². The SMILES string of the molecule is COC(=O)[C@@H](CC(C)C)NC(=O)COC(=O)c1ccc(O)cc1. The molecule has 0 unspecified atom stereocenters. The van der Waals surface area contributed by atoms with Crippen LogP contribution in [-0.2, 0) is 19.1 Å². The van der Waals surface area contributed by atoms with Crippen molar-refractivity contribution in [1.82, 2.24) is 5.32 Å². The molecule has 7 nitrogen and oxygen atoms in total. The van der Waals surface area contributed by atoms with Crippen LogP contribution in [0, 0.1) is 5.92 Å². The van der Waals surface area contributed by atoms with Crippen molar-refractivity contribution in [2.75, 3.05) is 13.7 Å². The van der Waals surface area contributed by atoms with Crippen LogP contribution in [0.3, 0.4) is 0 Å². The van der Waals surface area contributed by atoms with Crippen molar-refractivity contribution in [1.29, 1.82) is 0 Å². The molecule has 0 spiro atoms. The molecular formula is C16H21NO6. The molecule has 0 saturated heterocycles. The predicted molar refractivity (Wildman–Crippen MR) is 81.8 cm³/mol. The van der Waals surface area contributed by atoms with Crippen molar-refractivity contribution in [2.45, 2.75) is 26.3 Å². The fourth-order valence-electron chi connectivity index (χ4n) is 1.88. The Labute approximate surface area is 134 Å². The van der Waals surface area contributed by atoms with Gasteiger partial charge in [0, 0.05) is 0 Å². The van der Waals surface area contributed by atoms with E-state index in [0.717, 1.165) is 0 Å². The van der Waals surface area contributed by atoms with E-state index in [-0.39, 0.29) is 17.2 Å². The van der Waals surface area contributed by atoms with Crippen molar-refractivity contribution in [3.63, 3.8) is 0 Å². The van der Waals surface area contributed by atoms with Crippen LogP contribution in [0.25, 0.3) is 0 Å². The van der Waals surface area contributed by atoms with E-state index in [1.54, 1.807) is 0 Å². The number of phenolic OH excluding ortho intramolecular Hbond substituents is 1. The molecule has 23 heavy (non-hydrogen) atoms. The molecular weight excluding hydrogens is 302 g/mol. The Morgan fingerprint density at radius 3 is 2.30 bits per heavy atom. The van der Waals surface area contributed by atoms with Gasteiger partial charge in [0.15, 0.2) is 6.61 Å². The second kappa shape index (κ2) is 8.77. The fraction of sp³-hybridized carbons (Fsp3) is 0.438. The molecule has 0 aromatic heterocycles. The highest BCUT2D eigenvalue weighted by Crippen LogP contribution is 2.10. The first-order valence-corrected chi connectivity index (χ1v) is 7.16. The minimum atomic E-state index is -0.778. The van der Waals surface area contributed by atoms with Gasteiger partial charge in [-0.15, -0.1) is 0 Å². The van der Waals surface area contributed by atoms with E-state index in [4.69, 9.17) is 9.84 Å². The molecule has 0 saturated carbocycles. The lowest BCUT2D eigenvalue weighted by atomic mass is 10.0. The van der Waals surface area contributed by atoms with Crippen molar-refractivity contribution < 1.29 is 29.0 Å². The third-order valence-corrected chi connectivity index (χ3v) is 2.97. The third-order valence-electron chi connectivity index (χ3n) is 2.97. The number of rotatable bonds is 7. The number of carbonyl (C=O) groups is 3. The van der Waals surface area contributed by atoms with Crippen LogP contribution in [0.5, 0.6) is 5.75 Å². The van der Waals surface area contributed by atoms with Crippen LogP contribution in [0.1, 0.15) is 30.6 Å². The summed E-state index contributed by atoms with van der Waals surface area (Å²) in [7, 11) is 1.24. The zero-order valence-corrected chi connectivity index (χ0v) is 13.4. The maximum atomic E-state index is 11.8. The van der Waals surface area contributed by atoms with E-state index >= 15 is 0 Å². The first kappa shape index (κ1) is 18.5. The minimum Gasteiger partial charge on any atom is -0.508 e. The molecule has 0 radical (unpaired) electrons. The number of hydrogen-bond acceptors (Lipinski definition) is 6. The van der Waals surface area contributed by atoms with Gasteiger partial charge in [-0.1, -0.05) is 13.8 Å². The summed E-state index contributed by atoms with van der Waals surface area (Å²) in [4.78, 5) is 35.2. The number of amides is 1. The summed E-state index contributed by atoms with van der Waals surface area (Å²) >= 11 is 0. The van der Waals surface area contributed by atoms with E-state index in [9.17, 15) is 14.4 Å². The Morgan fingerprint density at radius 2 is 1.78 bits per heavy atom. The first-order valence-electron chi connectivity index (χ1n) is 7.16. The lowest BCUT2D eigenvalue weighted by Gasteiger charge is -2.18. The smallest absolute Gasteiger partial charge is 0.338 e. The van der Waals surface area contributed by atoms with E-state index in [1.165, 1.54) is 31.4 Å². The molecule has 0 bridgehead atoms. The normalized spacial score (nSPS) is 11.7. The average molecular weight is 323 g/mol. The summed E-state index contributed by atoms with van der Waals surface area (Å²) in [5.41, 5.74) is 0.210. The number of carbonyl (C=O) groups excluding carboxylic acids is 3. The number of phenols is 1. The molecule has 0 heterocycles. The lowest BCUT2D eigenvalue weighted by Crippen LogP contribution is -2.44. The summed E-state index contributed by atoms with van der Waals surface area (Å²) in [5.74, 6) is -1.63. The monoisotopic (exact) mass is 323 g/mol. The van der Waals surface area contributed by atoms with Gasteiger partial charge in [0.1, 0.15) is 11.8 Å². The van der Waals surface area contributed by atoms with Gasteiger partial charge in [-0.2, -0.15) is 0 Å². The number of ether oxygens (including phenoxy) is 2. The second-order valence-electron chi connectivity index (χ2n) is 5.40. The van der Waals surface area contributed by atoms with Crippen LogP contribution in [0.15, 0.2) is 24.3 Å². The number of methoxy groups -OCH3 is 1. The summed E-state index contributed by atoms with van der Waals surface area (Å²) in [6.07, 6.45) is 0.421. The maximum absolute atomic E-state index is 11.8. The molecule has 1 rings (SSSR count). The Kier molecular flexibility index (Phi) is 7.05. The van der Waals surface area contributed by atoms with Crippen LogP contribution < -0.4 is 5.32 Å².